The summed E-state index contributed by atoms with van der Waals surface area (Å²) in [5, 5.41) is 10.6. The normalized spacial score (nSPS) is 14.7. The van der Waals surface area contributed by atoms with Crippen LogP contribution in [0.4, 0.5) is 0 Å². The lowest BCUT2D eigenvalue weighted by Gasteiger charge is -2.21. The van der Waals surface area contributed by atoms with Gasteiger partial charge in [0.05, 0.1) is 26.4 Å². The zero-order valence-corrected chi connectivity index (χ0v) is 63.2. The summed E-state index contributed by atoms with van der Waals surface area (Å²) in [6.45, 7) is 11.9. The van der Waals surface area contributed by atoms with Gasteiger partial charge in [0.1, 0.15) is 19.3 Å². The molecular weight excluding hydrogens is 1230 g/mol. The average Bonchev–Trinajstić information content (AvgIpc) is 1.29. The van der Waals surface area contributed by atoms with Crippen molar-refractivity contribution in [2.45, 2.75) is 401 Å². The Hall–Kier alpha value is -1.94. The molecule has 0 aromatic carbocycles. The lowest BCUT2D eigenvalue weighted by atomic mass is 9.99. The number of carbonyl (C=O) groups is 4. The van der Waals surface area contributed by atoms with E-state index in [-0.39, 0.29) is 25.7 Å². The minimum Gasteiger partial charge on any atom is -0.462 e. The molecule has 0 bridgehead atoms. The Morgan fingerprint density at radius 2 is 0.543 bits per heavy atom. The summed E-state index contributed by atoms with van der Waals surface area (Å²) in [4.78, 5) is 72.8. The van der Waals surface area contributed by atoms with Crippen LogP contribution in [0, 0.1) is 17.8 Å². The molecule has 0 spiro atoms. The van der Waals surface area contributed by atoms with E-state index in [4.69, 9.17) is 37.0 Å². The van der Waals surface area contributed by atoms with Gasteiger partial charge in [-0.05, 0) is 43.4 Å². The highest BCUT2D eigenvalue weighted by molar-refractivity contribution is 7.47. The maximum absolute atomic E-state index is 13.1. The maximum Gasteiger partial charge on any atom is 0.472 e. The largest absolute Gasteiger partial charge is 0.472 e. The molecule has 0 fully saturated rings. The van der Waals surface area contributed by atoms with Gasteiger partial charge in [-0.1, -0.05) is 331 Å². The number of aliphatic hydroxyl groups is 1. The standard InChI is InChI=1S/C75H146O17P2/c1-8-11-12-13-14-15-16-17-18-19-20-28-37-44-51-58-74(79)91-70(62-85-72(77)56-49-42-35-27-23-21-25-33-40-47-54-67(6)9-2)64-89-93(81,82)87-60-69(76)61-88-94(83,84)90-65-71(63-86-73(78)57-50-43-36-31-30-32-39-46-53-66(4)5)92-75(80)59-52-45-38-29-24-22-26-34-41-48-55-68(7)10-3/h66-71,76H,8-65H2,1-7H3,(H,81,82)(H,83,84)/t67?,68?,69-,70-,71-/m1/s1. The zero-order chi connectivity index (χ0) is 69.4. The molecule has 0 aromatic rings. The molecule has 0 heterocycles. The van der Waals surface area contributed by atoms with Crippen molar-refractivity contribution in [1.82, 2.24) is 0 Å². The highest BCUT2D eigenvalue weighted by atomic mass is 31.2. The fourth-order valence-electron chi connectivity index (χ4n) is 11.4. The smallest absolute Gasteiger partial charge is 0.462 e. The molecule has 558 valence electrons. The SMILES string of the molecule is CCCCCCCCCCCCCCCCCC(=O)O[C@H](COC(=O)CCCCCCCCCCCCC(C)CC)COP(=O)(O)OC[C@@H](O)COP(=O)(O)OC[C@@H](COC(=O)CCCCCCCCCCC(C)C)OC(=O)CCCCCCCCCCCCC(C)CC. The molecule has 0 amide bonds. The summed E-state index contributed by atoms with van der Waals surface area (Å²) in [6.07, 6.45) is 51.1. The Morgan fingerprint density at radius 1 is 0.309 bits per heavy atom. The van der Waals surface area contributed by atoms with E-state index < -0.39 is 97.5 Å². The van der Waals surface area contributed by atoms with Gasteiger partial charge in [-0.2, -0.15) is 0 Å². The number of esters is 4. The Morgan fingerprint density at radius 3 is 0.809 bits per heavy atom. The van der Waals surface area contributed by atoms with E-state index in [2.05, 4.69) is 48.5 Å². The zero-order valence-electron chi connectivity index (χ0n) is 61.4. The molecule has 0 aromatic heterocycles. The van der Waals surface area contributed by atoms with E-state index in [0.717, 1.165) is 108 Å². The van der Waals surface area contributed by atoms with E-state index in [1.807, 2.05) is 0 Å². The van der Waals surface area contributed by atoms with Crippen LogP contribution in [-0.4, -0.2) is 96.7 Å². The lowest BCUT2D eigenvalue weighted by Crippen LogP contribution is -2.30. The first-order chi connectivity index (χ1) is 45.3. The van der Waals surface area contributed by atoms with Gasteiger partial charge >= 0.3 is 39.5 Å². The van der Waals surface area contributed by atoms with Gasteiger partial charge in [-0.15, -0.1) is 0 Å². The molecule has 0 aliphatic carbocycles. The first-order valence-electron chi connectivity index (χ1n) is 38.9. The maximum atomic E-state index is 13.1. The van der Waals surface area contributed by atoms with Gasteiger partial charge in [0.15, 0.2) is 12.2 Å². The first-order valence-corrected chi connectivity index (χ1v) is 41.9. The minimum absolute atomic E-state index is 0.106. The average molecular weight is 1380 g/mol. The van der Waals surface area contributed by atoms with Gasteiger partial charge < -0.3 is 33.8 Å². The van der Waals surface area contributed by atoms with Crippen molar-refractivity contribution in [2.75, 3.05) is 39.6 Å². The van der Waals surface area contributed by atoms with Crippen LogP contribution in [-0.2, 0) is 65.4 Å². The minimum atomic E-state index is -4.96. The summed E-state index contributed by atoms with van der Waals surface area (Å²) in [6, 6.07) is 0. The Labute approximate surface area is 575 Å². The van der Waals surface area contributed by atoms with Gasteiger partial charge in [-0.25, -0.2) is 9.13 Å². The van der Waals surface area contributed by atoms with E-state index in [1.54, 1.807) is 0 Å². The number of hydrogen-bond acceptors (Lipinski definition) is 15. The number of phosphoric acid groups is 2. The molecule has 0 aliphatic rings. The van der Waals surface area contributed by atoms with Crippen molar-refractivity contribution >= 4 is 39.5 Å². The van der Waals surface area contributed by atoms with Gasteiger partial charge in [0.2, 0.25) is 0 Å². The fourth-order valence-corrected chi connectivity index (χ4v) is 12.9. The summed E-state index contributed by atoms with van der Waals surface area (Å²) in [5.41, 5.74) is 0. The highest BCUT2D eigenvalue weighted by Gasteiger charge is 2.30. The topological polar surface area (TPSA) is 237 Å². The lowest BCUT2D eigenvalue weighted by molar-refractivity contribution is -0.161. The number of aliphatic hydroxyl groups excluding tert-OH is 1. The van der Waals surface area contributed by atoms with Crippen LogP contribution < -0.4 is 0 Å². The van der Waals surface area contributed by atoms with Crippen LogP contribution in [0.3, 0.4) is 0 Å². The van der Waals surface area contributed by atoms with Crippen LogP contribution >= 0.6 is 15.6 Å². The van der Waals surface area contributed by atoms with Crippen molar-refractivity contribution in [3.05, 3.63) is 0 Å². The molecule has 3 N–H and O–H groups in total. The Kier molecular flexibility index (Phi) is 64.3. The van der Waals surface area contributed by atoms with Crippen LogP contribution in [0.25, 0.3) is 0 Å². The number of ether oxygens (including phenoxy) is 4. The number of hydrogen-bond donors (Lipinski definition) is 3. The highest BCUT2D eigenvalue weighted by Crippen LogP contribution is 2.45. The molecule has 0 saturated heterocycles. The first kappa shape index (κ1) is 92.1. The fraction of sp³-hybridized carbons (Fsp3) is 0.947. The summed E-state index contributed by atoms with van der Waals surface area (Å²) in [7, 11) is -9.91. The number of rotatable bonds is 73. The molecule has 0 radical (unpaired) electrons. The molecule has 0 saturated carbocycles. The summed E-state index contributed by atoms with van der Waals surface area (Å²) in [5.74, 6) is 0.221. The Bertz CT molecular complexity index is 1840. The molecule has 7 atom stereocenters. The quantitative estimate of drug-likeness (QED) is 0.0222. The third-order valence-corrected chi connectivity index (χ3v) is 20.0. The van der Waals surface area contributed by atoms with Crippen LogP contribution in [0.5, 0.6) is 0 Å². The van der Waals surface area contributed by atoms with Crippen molar-refractivity contribution in [3.63, 3.8) is 0 Å². The van der Waals surface area contributed by atoms with Gasteiger partial charge in [-0.3, -0.25) is 37.3 Å². The Balaban J connectivity index is 5.28. The molecule has 17 nitrogen and oxygen atoms in total. The molecule has 19 heteroatoms. The third-order valence-electron chi connectivity index (χ3n) is 18.1. The second-order valence-corrected chi connectivity index (χ2v) is 30.9. The van der Waals surface area contributed by atoms with E-state index in [9.17, 15) is 43.2 Å². The van der Waals surface area contributed by atoms with Crippen LogP contribution in [0.1, 0.15) is 382 Å². The third kappa shape index (κ3) is 66.0. The summed E-state index contributed by atoms with van der Waals surface area (Å²) >= 11 is 0. The van der Waals surface area contributed by atoms with Crippen molar-refractivity contribution < 1.29 is 80.2 Å². The van der Waals surface area contributed by atoms with Crippen LogP contribution in [0.2, 0.25) is 0 Å². The molecule has 0 rings (SSSR count). The monoisotopic (exact) mass is 1380 g/mol. The number of unbranched alkanes of at least 4 members (excludes halogenated alkanes) is 39. The van der Waals surface area contributed by atoms with Crippen molar-refractivity contribution in [3.8, 4) is 0 Å². The molecule has 94 heavy (non-hydrogen) atoms. The van der Waals surface area contributed by atoms with Crippen molar-refractivity contribution in [1.29, 1.82) is 0 Å². The van der Waals surface area contributed by atoms with E-state index in [0.29, 0.717) is 25.7 Å². The second-order valence-electron chi connectivity index (χ2n) is 28.0. The summed E-state index contributed by atoms with van der Waals surface area (Å²) < 4.78 is 68.5. The number of carbonyl (C=O) groups excluding carboxylic acids is 4. The van der Waals surface area contributed by atoms with E-state index >= 15 is 0 Å². The predicted octanol–water partition coefficient (Wildman–Crippen LogP) is 21.8. The van der Waals surface area contributed by atoms with E-state index in [1.165, 1.54) is 193 Å². The number of phosphoric ester groups is 2. The molecule has 0 aliphatic heterocycles. The predicted molar refractivity (Wildman–Crippen MR) is 381 cm³/mol. The van der Waals surface area contributed by atoms with Gasteiger partial charge in [0.25, 0.3) is 0 Å². The second kappa shape index (κ2) is 65.7. The van der Waals surface area contributed by atoms with Crippen LogP contribution in [0.15, 0.2) is 0 Å². The van der Waals surface area contributed by atoms with Gasteiger partial charge in [0, 0.05) is 25.7 Å². The van der Waals surface area contributed by atoms with Crippen molar-refractivity contribution in [2.24, 2.45) is 17.8 Å². The molecular formula is C75H146O17P2. The molecule has 4 unspecified atom stereocenters.